The normalized spacial score (nSPS) is 22.2. The van der Waals surface area contributed by atoms with Crippen molar-refractivity contribution in [2.45, 2.75) is 51.5 Å². The number of rotatable bonds is 5. The minimum Gasteiger partial charge on any atom is -0.392 e. The van der Waals surface area contributed by atoms with Crippen LogP contribution in [0.5, 0.6) is 0 Å². The zero-order valence-corrected chi connectivity index (χ0v) is 14.4. The second-order valence-corrected chi connectivity index (χ2v) is 7.00. The summed E-state index contributed by atoms with van der Waals surface area (Å²) in [7, 11) is 0. The molecule has 1 unspecified atom stereocenters. The minimum atomic E-state index is -0.934. The van der Waals surface area contributed by atoms with E-state index in [4.69, 9.17) is 5.11 Å². The lowest BCUT2D eigenvalue weighted by Gasteiger charge is -2.38. The van der Waals surface area contributed by atoms with Gasteiger partial charge in [0.2, 0.25) is 0 Å². The topological polar surface area (TPSA) is 74.4 Å². The smallest absolute Gasteiger partial charge is 0.123 e. The van der Waals surface area contributed by atoms with Crippen LogP contribution in [-0.2, 0) is 18.8 Å². The largest absolute Gasteiger partial charge is 0.392 e. The first kappa shape index (κ1) is 17.1. The molecule has 2 N–H and O–H groups in total. The summed E-state index contributed by atoms with van der Waals surface area (Å²) in [6.45, 7) is 6.47. The Hall–Kier alpha value is -1.76. The summed E-state index contributed by atoms with van der Waals surface area (Å²) in [6, 6.07) is 8.20. The Balaban J connectivity index is 1.70. The first-order valence-electron chi connectivity index (χ1n) is 8.56. The summed E-state index contributed by atoms with van der Waals surface area (Å²) in [4.78, 5) is 2.26. The number of aliphatic hydroxyl groups excluding tert-OH is 1. The van der Waals surface area contributed by atoms with E-state index < -0.39 is 5.60 Å². The monoisotopic (exact) mass is 330 g/mol. The van der Waals surface area contributed by atoms with Crippen LogP contribution in [0.2, 0.25) is 0 Å². The van der Waals surface area contributed by atoms with Crippen molar-refractivity contribution in [2.75, 3.05) is 13.1 Å². The van der Waals surface area contributed by atoms with E-state index in [9.17, 15) is 5.11 Å². The summed E-state index contributed by atoms with van der Waals surface area (Å²) < 4.78 is 1.79. The molecule has 0 bridgehead atoms. The van der Waals surface area contributed by atoms with E-state index in [0.717, 1.165) is 25.1 Å². The minimum absolute atomic E-state index is 0.0647. The number of benzene rings is 1. The fourth-order valence-corrected chi connectivity index (χ4v) is 3.22. The Morgan fingerprint density at radius 1 is 1.21 bits per heavy atom. The number of β-amino-alcohol motifs (C(OH)–C–C–N with tert-alkyl or cyclic N) is 1. The van der Waals surface area contributed by atoms with Crippen LogP contribution < -0.4 is 0 Å². The molecule has 6 nitrogen and oxygen atoms in total. The Kier molecular flexibility index (Phi) is 4.99. The van der Waals surface area contributed by atoms with Crippen LogP contribution in [0.25, 0.3) is 0 Å². The van der Waals surface area contributed by atoms with E-state index in [1.54, 1.807) is 4.68 Å². The van der Waals surface area contributed by atoms with E-state index >= 15 is 0 Å². The number of likely N-dealkylation sites (tertiary alicyclic amines) is 1. The molecule has 0 amide bonds. The highest BCUT2D eigenvalue weighted by Gasteiger charge is 2.37. The molecule has 2 heterocycles. The van der Waals surface area contributed by atoms with E-state index in [0.29, 0.717) is 18.7 Å². The second-order valence-electron chi connectivity index (χ2n) is 7.00. The van der Waals surface area contributed by atoms with Gasteiger partial charge in [-0.25, -0.2) is 4.68 Å². The number of aromatic nitrogens is 3. The lowest BCUT2D eigenvalue weighted by atomic mass is 9.89. The second kappa shape index (κ2) is 7.01. The molecule has 1 aliphatic rings. The maximum atomic E-state index is 11.1. The number of nitrogens with zero attached hydrogens (tertiary/aromatic N) is 4. The SMILES string of the molecule is CC(C)n1cc(C2(O)CCCN(Cc3ccc(CO)cc3)C2)nn1. The first-order chi connectivity index (χ1) is 11.5. The highest BCUT2D eigenvalue weighted by molar-refractivity contribution is 5.22. The fraction of sp³-hybridized carbons (Fsp3) is 0.556. The molecule has 24 heavy (non-hydrogen) atoms. The molecular formula is C18H26N4O2. The molecule has 1 fully saturated rings. The van der Waals surface area contributed by atoms with Crippen molar-refractivity contribution in [3.8, 4) is 0 Å². The highest BCUT2D eigenvalue weighted by Crippen LogP contribution is 2.31. The van der Waals surface area contributed by atoms with Crippen LogP contribution >= 0.6 is 0 Å². The third kappa shape index (κ3) is 3.66. The van der Waals surface area contributed by atoms with Crippen molar-refractivity contribution in [1.82, 2.24) is 19.9 Å². The van der Waals surface area contributed by atoms with Gasteiger partial charge in [0, 0.05) is 19.1 Å². The van der Waals surface area contributed by atoms with Crippen molar-refractivity contribution >= 4 is 0 Å². The van der Waals surface area contributed by atoms with Crippen LogP contribution in [0.3, 0.4) is 0 Å². The molecule has 0 saturated carbocycles. The van der Waals surface area contributed by atoms with Crippen molar-refractivity contribution < 1.29 is 10.2 Å². The van der Waals surface area contributed by atoms with Crippen molar-refractivity contribution in [2.24, 2.45) is 0 Å². The molecule has 130 valence electrons. The van der Waals surface area contributed by atoms with Gasteiger partial charge in [0.15, 0.2) is 0 Å². The van der Waals surface area contributed by atoms with Crippen LogP contribution in [0, 0.1) is 0 Å². The molecule has 3 rings (SSSR count). The standard InChI is InChI=1S/C18H26N4O2/c1-14(2)22-11-17(19-20-22)18(24)8-3-9-21(13-18)10-15-4-6-16(12-23)7-5-15/h4-7,11,14,23-24H,3,8-10,12-13H2,1-2H3. The lowest BCUT2D eigenvalue weighted by Crippen LogP contribution is -2.45. The maximum absolute atomic E-state index is 11.1. The molecule has 0 aliphatic carbocycles. The zero-order chi connectivity index (χ0) is 17.2. The van der Waals surface area contributed by atoms with Gasteiger partial charge in [-0.3, -0.25) is 4.90 Å². The average Bonchev–Trinajstić information content (AvgIpc) is 3.07. The molecule has 1 atom stereocenters. The predicted octanol–water partition coefficient (Wildman–Crippen LogP) is 1.83. The van der Waals surface area contributed by atoms with Gasteiger partial charge in [-0.05, 0) is 44.4 Å². The van der Waals surface area contributed by atoms with Crippen LogP contribution in [0.4, 0.5) is 0 Å². The summed E-state index contributed by atoms with van der Waals surface area (Å²) in [5.41, 5.74) is 1.83. The molecule has 1 aromatic carbocycles. The maximum Gasteiger partial charge on any atom is 0.123 e. The first-order valence-corrected chi connectivity index (χ1v) is 8.56. The molecule has 1 aromatic heterocycles. The van der Waals surface area contributed by atoms with Gasteiger partial charge < -0.3 is 10.2 Å². The van der Waals surface area contributed by atoms with E-state index in [-0.39, 0.29) is 12.6 Å². The number of hydrogen-bond acceptors (Lipinski definition) is 5. The van der Waals surface area contributed by atoms with Crippen LogP contribution in [0.15, 0.2) is 30.5 Å². The predicted molar refractivity (Wildman–Crippen MR) is 91.2 cm³/mol. The molecule has 1 saturated heterocycles. The van der Waals surface area contributed by atoms with Gasteiger partial charge in [-0.1, -0.05) is 29.5 Å². The van der Waals surface area contributed by atoms with Crippen LogP contribution in [-0.4, -0.2) is 43.2 Å². The van der Waals surface area contributed by atoms with Crippen molar-refractivity contribution in [3.63, 3.8) is 0 Å². The molecule has 1 aliphatic heterocycles. The van der Waals surface area contributed by atoms with E-state index in [2.05, 4.69) is 15.2 Å². The molecule has 0 radical (unpaired) electrons. The number of aliphatic hydroxyl groups is 2. The number of piperidine rings is 1. The zero-order valence-electron chi connectivity index (χ0n) is 14.4. The highest BCUT2D eigenvalue weighted by atomic mass is 16.3. The summed E-state index contributed by atoms with van der Waals surface area (Å²) in [6.07, 6.45) is 3.51. The van der Waals surface area contributed by atoms with Crippen molar-refractivity contribution in [3.05, 3.63) is 47.3 Å². The lowest BCUT2D eigenvalue weighted by molar-refractivity contribution is -0.0414. The Morgan fingerprint density at radius 3 is 2.54 bits per heavy atom. The molecule has 2 aromatic rings. The quantitative estimate of drug-likeness (QED) is 0.875. The number of hydrogen-bond donors (Lipinski definition) is 2. The Labute approximate surface area is 142 Å². The van der Waals surface area contributed by atoms with Gasteiger partial charge in [0.1, 0.15) is 11.3 Å². The van der Waals surface area contributed by atoms with Gasteiger partial charge in [0.05, 0.1) is 12.8 Å². The molecule has 0 spiro atoms. The average molecular weight is 330 g/mol. The van der Waals surface area contributed by atoms with E-state index in [1.807, 2.05) is 44.3 Å². The molecular weight excluding hydrogens is 304 g/mol. The summed E-state index contributed by atoms with van der Waals surface area (Å²) in [5, 5.41) is 28.5. The van der Waals surface area contributed by atoms with Gasteiger partial charge in [0.25, 0.3) is 0 Å². The molecule has 6 heteroatoms. The Bertz CT molecular complexity index is 668. The van der Waals surface area contributed by atoms with E-state index in [1.165, 1.54) is 5.56 Å². The van der Waals surface area contributed by atoms with Crippen molar-refractivity contribution in [1.29, 1.82) is 0 Å². The van der Waals surface area contributed by atoms with Gasteiger partial charge in [-0.2, -0.15) is 0 Å². The van der Waals surface area contributed by atoms with Crippen LogP contribution in [0.1, 0.15) is 49.6 Å². The Morgan fingerprint density at radius 2 is 1.92 bits per heavy atom. The third-order valence-electron chi connectivity index (χ3n) is 4.68. The third-order valence-corrected chi connectivity index (χ3v) is 4.68. The summed E-state index contributed by atoms with van der Waals surface area (Å²) in [5.74, 6) is 0. The van der Waals surface area contributed by atoms with Gasteiger partial charge >= 0.3 is 0 Å². The summed E-state index contributed by atoms with van der Waals surface area (Å²) >= 11 is 0. The fourth-order valence-electron chi connectivity index (χ4n) is 3.22. The van der Waals surface area contributed by atoms with Gasteiger partial charge in [-0.15, -0.1) is 5.10 Å².